The Morgan fingerprint density at radius 1 is 1.29 bits per heavy atom. The minimum absolute atomic E-state index is 0.000436. The summed E-state index contributed by atoms with van der Waals surface area (Å²) in [7, 11) is 0. The molecule has 0 saturated carbocycles. The maximum absolute atomic E-state index is 9.57. The Hall–Kier alpha value is -0.860. The second kappa shape index (κ2) is 4.58. The van der Waals surface area contributed by atoms with E-state index in [4.69, 9.17) is 0 Å². The highest BCUT2D eigenvalue weighted by molar-refractivity contribution is 5.16. The van der Waals surface area contributed by atoms with Gasteiger partial charge in [0.15, 0.2) is 0 Å². The number of aliphatic hydroxyl groups is 2. The highest BCUT2D eigenvalue weighted by Gasteiger charge is 2.29. The average Bonchev–Trinajstić information content (AvgIpc) is 2.19. The van der Waals surface area contributed by atoms with E-state index in [2.05, 4.69) is 0 Å². The minimum atomic E-state index is -0.507. The first-order valence-electron chi connectivity index (χ1n) is 4.91. The summed E-state index contributed by atoms with van der Waals surface area (Å²) in [4.78, 5) is 0. The number of hydrogen-bond acceptors (Lipinski definition) is 2. The summed E-state index contributed by atoms with van der Waals surface area (Å²) < 4.78 is 0. The lowest BCUT2D eigenvalue weighted by Crippen LogP contribution is -2.35. The second-order valence-corrected chi connectivity index (χ2v) is 4.15. The Bertz CT molecular complexity index is 269. The Morgan fingerprint density at radius 3 is 2.29 bits per heavy atom. The van der Waals surface area contributed by atoms with E-state index in [0.29, 0.717) is 6.42 Å². The molecular weight excluding hydrogens is 176 g/mol. The average molecular weight is 194 g/mol. The number of hydrogen-bond donors (Lipinski definition) is 2. The van der Waals surface area contributed by atoms with E-state index in [9.17, 15) is 10.2 Å². The molecule has 0 heterocycles. The van der Waals surface area contributed by atoms with Gasteiger partial charge in [-0.05, 0) is 18.9 Å². The van der Waals surface area contributed by atoms with Gasteiger partial charge in [0.1, 0.15) is 0 Å². The normalized spacial score (nSPS) is 17.4. The molecular formula is C12H18O2. The van der Waals surface area contributed by atoms with E-state index in [0.717, 1.165) is 5.56 Å². The van der Waals surface area contributed by atoms with Gasteiger partial charge in [-0.15, -0.1) is 0 Å². The molecule has 2 nitrogen and oxygen atoms in total. The highest BCUT2D eigenvalue weighted by atomic mass is 16.3. The molecule has 14 heavy (non-hydrogen) atoms. The molecule has 0 bridgehead atoms. The number of aliphatic hydroxyl groups excluding tert-OH is 2. The number of rotatable bonds is 4. The molecule has 0 spiro atoms. The fourth-order valence-corrected chi connectivity index (χ4v) is 1.40. The topological polar surface area (TPSA) is 40.5 Å². The maximum Gasteiger partial charge on any atom is 0.0590 e. The quantitative estimate of drug-likeness (QED) is 0.764. The largest absolute Gasteiger partial charge is 0.396 e. The van der Waals surface area contributed by atoms with E-state index in [1.54, 1.807) is 6.92 Å². The lowest BCUT2D eigenvalue weighted by molar-refractivity contribution is 0.00688. The Kier molecular flexibility index (Phi) is 3.67. The van der Waals surface area contributed by atoms with E-state index in [1.807, 2.05) is 37.3 Å². The Balaban J connectivity index is 2.76. The van der Waals surface area contributed by atoms with Crippen LogP contribution in [0.5, 0.6) is 0 Å². The maximum atomic E-state index is 9.57. The van der Waals surface area contributed by atoms with Gasteiger partial charge in [-0.3, -0.25) is 0 Å². The summed E-state index contributed by atoms with van der Waals surface area (Å²) in [6, 6.07) is 9.92. The molecule has 0 amide bonds. The summed E-state index contributed by atoms with van der Waals surface area (Å²) in [5.74, 6) is 0. The van der Waals surface area contributed by atoms with E-state index in [-0.39, 0.29) is 6.61 Å². The van der Waals surface area contributed by atoms with Crippen LogP contribution in [0.25, 0.3) is 0 Å². The van der Waals surface area contributed by atoms with Crippen molar-refractivity contribution in [2.45, 2.75) is 26.4 Å². The monoisotopic (exact) mass is 194 g/mol. The summed E-state index contributed by atoms with van der Waals surface area (Å²) in [6.45, 7) is 3.61. The van der Waals surface area contributed by atoms with Crippen LogP contribution in [0.2, 0.25) is 0 Å². The molecule has 0 fully saturated rings. The van der Waals surface area contributed by atoms with Crippen LogP contribution in [0.1, 0.15) is 19.4 Å². The molecule has 2 unspecified atom stereocenters. The third kappa shape index (κ3) is 2.56. The van der Waals surface area contributed by atoms with Crippen LogP contribution in [-0.4, -0.2) is 22.9 Å². The smallest absolute Gasteiger partial charge is 0.0590 e. The van der Waals surface area contributed by atoms with Crippen molar-refractivity contribution in [3.05, 3.63) is 35.9 Å². The van der Waals surface area contributed by atoms with Crippen molar-refractivity contribution in [2.24, 2.45) is 5.41 Å². The molecule has 2 heteroatoms. The molecule has 0 saturated heterocycles. The van der Waals surface area contributed by atoms with Gasteiger partial charge in [0.05, 0.1) is 12.7 Å². The van der Waals surface area contributed by atoms with Crippen LogP contribution in [0.15, 0.2) is 30.3 Å². The molecule has 2 atom stereocenters. The van der Waals surface area contributed by atoms with Crippen molar-refractivity contribution in [1.82, 2.24) is 0 Å². The zero-order chi connectivity index (χ0) is 10.6. The van der Waals surface area contributed by atoms with Gasteiger partial charge in [-0.25, -0.2) is 0 Å². The van der Waals surface area contributed by atoms with Crippen LogP contribution in [0, 0.1) is 5.41 Å². The Labute approximate surface area is 85.2 Å². The predicted molar refractivity (Wildman–Crippen MR) is 57.0 cm³/mol. The van der Waals surface area contributed by atoms with Crippen molar-refractivity contribution in [3.63, 3.8) is 0 Å². The van der Waals surface area contributed by atoms with E-state index >= 15 is 0 Å². The van der Waals surface area contributed by atoms with Crippen molar-refractivity contribution >= 4 is 0 Å². The summed E-state index contributed by atoms with van der Waals surface area (Å²) >= 11 is 0. The zero-order valence-electron chi connectivity index (χ0n) is 8.77. The van der Waals surface area contributed by atoms with Gasteiger partial charge in [0.2, 0.25) is 0 Å². The SMILES string of the molecule is CC(O)C(C)(CO)Cc1ccccc1. The van der Waals surface area contributed by atoms with Crippen molar-refractivity contribution in [3.8, 4) is 0 Å². The second-order valence-electron chi connectivity index (χ2n) is 4.15. The molecule has 1 aromatic rings. The standard InChI is InChI=1S/C12H18O2/c1-10(14)12(2,9-13)8-11-6-4-3-5-7-11/h3-7,10,13-14H,8-9H2,1-2H3. The van der Waals surface area contributed by atoms with Gasteiger partial charge in [0, 0.05) is 5.41 Å². The molecule has 1 rings (SSSR count). The molecule has 0 aliphatic rings. The molecule has 0 aliphatic heterocycles. The van der Waals surface area contributed by atoms with Crippen LogP contribution in [-0.2, 0) is 6.42 Å². The number of benzene rings is 1. The third-order valence-corrected chi connectivity index (χ3v) is 2.82. The van der Waals surface area contributed by atoms with Crippen LogP contribution in [0.4, 0.5) is 0 Å². The fourth-order valence-electron chi connectivity index (χ4n) is 1.40. The predicted octanol–water partition coefficient (Wildman–Crippen LogP) is 1.61. The molecule has 1 aromatic carbocycles. The molecule has 2 N–H and O–H groups in total. The third-order valence-electron chi connectivity index (χ3n) is 2.82. The van der Waals surface area contributed by atoms with Crippen molar-refractivity contribution < 1.29 is 10.2 Å². The molecule has 0 aromatic heterocycles. The van der Waals surface area contributed by atoms with Gasteiger partial charge < -0.3 is 10.2 Å². The highest BCUT2D eigenvalue weighted by Crippen LogP contribution is 2.25. The lowest BCUT2D eigenvalue weighted by atomic mass is 9.80. The molecule has 0 aliphatic carbocycles. The van der Waals surface area contributed by atoms with Crippen LogP contribution in [0.3, 0.4) is 0 Å². The van der Waals surface area contributed by atoms with Crippen LogP contribution >= 0.6 is 0 Å². The first-order chi connectivity index (χ1) is 6.58. The van der Waals surface area contributed by atoms with Crippen LogP contribution < -0.4 is 0 Å². The van der Waals surface area contributed by atoms with Crippen molar-refractivity contribution in [1.29, 1.82) is 0 Å². The van der Waals surface area contributed by atoms with E-state index < -0.39 is 11.5 Å². The molecule has 78 valence electrons. The first-order valence-corrected chi connectivity index (χ1v) is 4.91. The van der Waals surface area contributed by atoms with Gasteiger partial charge in [-0.1, -0.05) is 37.3 Å². The summed E-state index contributed by atoms with van der Waals surface area (Å²) in [5.41, 5.74) is 0.700. The van der Waals surface area contributed by atoms with Gasteiger partial charge >= 0.3 is 0 Å². The van der Waals surface area contributed by atoms with Gasteiger partial charge in [-0.2, -0.15) is 0 Å². The van der Waals surface area contributed by atoms with Gasteiger partial charge in [0.25, 0.3) is 0 Å². The zero-order valence-corrected chi connectivity index (χ0v) is 8.77. The lowest BCUT2D eigenvalue weighted by Gasteiger charge is -2.30. The summed E-state index contributed by atoms with van der Waals surface area (Å²) in [5, 5.41) is 18.8. The summed E-state index contributed by atoms with van der Waals surface area (Å²) in [6.07, 6.45) is 0.190. The van der Waals surface area contributed by atoms with E-state index in [1.165, 1.54) is 0 Å². The minimum Gasteiger partial charge on any atom is -0.396 e. The fraction of sp³-hybridized carbons (Fsp3) is 0.500. The van der Waals surface area contributed by atoms with Crippen molar-refractivity contribution in [2.75, 3.05) is 6.61 Å². The Morgan fingerprint density at radius 2 is 1.86 bits per heavy atom. The first kappa shape index (κ1) is 11.2. The molecule has 0 radical (unpaired) electrons.